The summed E-state index contributed by atoms with van der Waals surface area (Å²) in [6.45, 7) is 3.14. The molecule has 0 unspecified atom stereocenters. The molecule has 13 heavy (non-hydrogen) atoms. The first kappa shape index (κ1) is 11.8. The van der Waals surface area contributed by atoms with Crippen LogP contribution < -0.4 is 0 Å². The van der Waals surface area contributed by atoms with Crippen molar-refractivity contribution < 1.29 is 19.0 Å². The van der Waals surface area contributed by atoms with Gasteiger partial charge in [0.2, 0.25) is 5.83 Å². The van der Waals surface area contributed by atoms with Gasteiger partial charge in [0.1, 0.15) is 0 Å². The van der Waals surface area contributed by atoms with Crippen LogP contribution >= 0.6 is 0 Å². The Hall–Kier alpha value is -1.16. The molecule has 0 spiro atoms. The molecule has 0 aliphatic rings. The Morgan fingerprint density at radius 1 is 1.62 bits per heavy atom. The van der Waals surface area contributed by atoms with Crippen LogP contribution in [-0.4, -0.2) is 24.3 Å². The van der Waals surface area contributed by atoms with E-state index in [4.69, 9.17) is 5.11 Å². The SMILES string of the molecule is CCOC(=O)/C(F)=C/C(C)=C/CO. The molecule has 3 nitrogen and oxygen atoms in total. The largest absolute Gasteiger partial charge is 0.461 e. The van der Waals surface area contributed by atoms with Gasteiger partial charge < -0.3 is 9.84 Å². The van der Waals surface area contributed by atoms with E-state index in [1.165, 1.54) is 6.08 Å². The van der Waals surface area contributed by atoms with Crippen molar-refractivity contribution in [1.29, 1.82) is 0 Å². The van der Waals surface area contributed by atoms with Gasteiger partial charge in [0.05, 0.1) is 13.2 Å². The number of hydrogen-bond acceptors (Lipinski definition) is 3. The maximum Gasteiger partial charge on any atom is 0.367 e. The summed E-state index contributed by atoms with van der Waals surface area (Å²) >= 11 is 0. The summed E-state index contributed by atoms with van der Waals surface area (Å²) in [6.07, 6.45) is 2.41. The van der Waals surface area contributed by atoms with Crippen molar-refractivity contribution in [3.8, 4) is 0 Å². The molecule has 0 aliphatic heterocycles. The van der Waals surface area contributed by atoms with Crippen LogP contribution in [0.15, 0.2) is 23.6 Å². The van der Waals surface area contributed by atoms with Crippen LogP contribution in [0.3, 0.4) is 0 Å². The van der Waals surface area contributed by atoms with E-state index >= 15 is 0 Å². The van der Waals surface area contributed by atoms with Gasteiger partial charge in [0.25, 0.3) is 0 Å². The first-order chi connectivity index (χ1) is 6.11. The van der Waals surface area contributed by atoms with E-state index in [1.54, 1.807) is 13.8 Å². The quantitative estimate of drug-likeness (QED) is 0.411. The van der Waals surface area contributed by atoms with Gasteiger partial charge in [0.15, 0.2) is 0 Å². The van der Waals surface area contributed by atoms with Crippen molar-refractivity contribution in [2.24, 2.45) is 0 Å². The molecule has 0 aromatic carbocycles. The minimum Gasteiger partial charge on any atom is -0.461 e. The van der Waals surface area contributed by atoms with Crippen LogP contribution in [0.25, 0.3) is 0 Å². The molecule has 0 aliphatic carbocycles. The van der Waals surface area contributed by atoms with Crippen LogP contribution in [0, 0.1) is 0 Å². The molecule has 0 atom stereocenters. The highest BCUT2D eigenvalue weighted by Gasteiger charge is 2.08. The van der Waals surface area contributed by atoms with Gasteiger partial charge in [-0.15, -0.1) is 0 Å². The molecule has 0 saturated carbocycles. The number of allylic oxidation sites excluding steroid dienone is 2. The lowest BCUT2D eigenvalue weighted by Crippen LogP contribution is -2.04. The molecule has 1 N–H and O–H groups in total. The van der Waals surface area contributed by atoms with Crippen molar-refractivity contribution in [2.75, 3.05) is 13.2 Å². The van der Waals surface area contributed by atoms with E-state index in [9.17, 15) is 9.18 Å². The summed E-state index contributed by atoms with van der Waals surface area (Å²) in [5.41, 5.74) is 0.480. The van der Waals surface area contributed by atoms with Gasteiger partial charge in [-0.3, -0.25) is 0 Å². The van der Waals surface area contributed by atoms with Crippen molar-refractivity contribution in [2.45, 2.75) is 13.8 Å². The van der Waals surface area contributed by atoms with Crippen molar-refractivity contribution in [3.05, 3.63) is 23.6 Å². The highest BCUT2D eigenvalue weighted by atomic mass is 19.1. The summed E-state index contributed by atoms with van der Waals surface area (Å²) in [5.74, 6) is -1.93. The topological polar surface area (TPSA) is 46.5 Å². The van der Waals surface area contributed by atoms with Gasteiger partial charge >= 0.3 is 5.97 Å². The molecule has 0 aromatic heterocycles. The molecule has 74 valence electrons. The van der Waals surface area contributed by atoms with Gasteiger partial charge in [0, 0.05) is 0 Å². The summed E-state index contributed by atoms with van der Waals surface area (Å²) < 4.78 is 17.2. The first-order valence-electron chi connectivity index (χ1n) is 3.93. The normalized spacial score (nSPS) is 12.9. The number of hydrogen-bond donors (Lipinski definition) is 1. The van der Waals surface area contributed by atoms with Gasteiger partial charge in [-0.05, 0) is 25.5 Å². The molecule has 0 heterocycles. The second-order valence-electron chi connectivity index (χ2n) is 2.34. The molecule has 0 fully saturated rings. The fraction of sp³-hybridized carbons (Fsp3) is 0.444. The van der Waals surface area contributed by atoms with Crippen LogP contribution in [0.4, 0.5) is 4.39 Å². The van der Waals surface area contributed by atoms with Gasteiger partial charge in [-0.1, -0.05) is 6.08 Å². The lowest BCUT2D eigenvalue weighted by molar-refractivity contribution is -0.140. The smallest absolute Gasteiger partial charge is 0.367 e. The number of aliphatic hydroxyl groups excluding tert-OH is 1. The number of halogens is 1. The number of carbonyl (C=O) groups is 1. The second kappa shape index (κ2) is 6.37. The van der Waals surface area contributed by atoms with Crippen LogP contribution in [0.1, 0.15) is 13.8 Å². The monoisotopic (exact) mass is 188 g/mol. The van der Waals surface area contributed by atoms with E-state index < -0.39 is 11.8 Å². The van der Waals surface area contributed by atoms with Crippen molar-refractivity contribution >= 4 is 5.97 Å². The fourth-order valence-corrected chi connectivity index (χ4v) is 0.662. The third-order valence-electron chi connectivity index (χ3n) is 1.24. The Kier molecular flexibility index (Phi) is 5.80. The zero-order chi connectivity index (χ0) is 10.3. The predicted molar refractivity (Wildman–Crippen MR) is 46.7 cm³/mol. The van der Waals surface area contributed by atoms with E-state index in [-0.39, 0.29) is 13.2 Å². The van der Waals surface area contributed by atoms with E-state index in [1.807, 2.05) is 0 Å². The molecule has 0 saturated heterocycles. The lowest BCUT2D eigenvalue weighted by Gasteiger charge is -1.98. The third-order valence-corrected chi connectivity index (χ3v) is 1.24. The Morgan fingerprint density at radius 3 is 2.69 bits per heavy atom. The number of rotatable bonds is 4. The highest BCUT2D eigenvalue weighted by molar-refractivity contribution is 5.86. The molecular formula is C9H13FO3. The van der Waals surface area contributed by atoms with Crippen LogP contribution in [0.2, 0.25) is 0 Å². The first-order valence-corrected chi connectivity index (χ1v) is 3.93. The standard InChI is InChI=1S/C9H13FO3/c1-3-13-9(12)8(10)6-7(2)4-5-11/h4,6,11H,3,5H2,1-2H3/b7-4+,8-6-. The molecule has 0 radical (unpaired) electrons. The average molecular weight is 188 g/mol. The average Bonchev–Trinajstić information content (AvgIpc) is 2.05. The maximum atomic E-state index is 12.8. The number of ether oxygens (including phenoxy) is 1. The molecular weight excluding hydrogens is 175 g/mol. The van der Waals surface area contributed by atoms with Crippen LogP contribution in [0.5, 0.6) is 0 Å². The van der Waals surface area contributed by atoms with E-state index in [0.29, 0.717) is 5.57 Å². The molecule has 0 aromatic rings. The summed E-state index contributed by atoms with van der Waals surface area (Å²) in [5, 5.41) is 8.45. The number of carbonyl (C=O) groups excluding carboxylic acids is 1. The van der Waals surface area contributed by atoms with Gasteiger partial charge in [-0.25, -0.2) is 4.79 Å². The predicted octanol–water partition coefficient (Wildman–Crippen LogP) is 1.34. The fourth-order valence-electron chi connectivity index (χ4n) is 0.662. The summed E-state index contributed by atoms with van der Waals surface area (Å²) in [4.78, 5) is 10.7. The molecule has 0 bridgehead atoms. The van der Waals surface area contributed by atoms with E-state index in [2.05, 4.69) is 4.74 Å². The zero-order valence-corrected chi connectivity index (χ0v) is 7.71. The van der Waals surface area contributed by atoms with Crippen molar-refractivity contribution in [1.82, 2.24) is 0 Å². The third kappa shape index (κ3) is 5.14. The highest BCUT2D eigenvalue weighted by Crippen LogP contribution is 2.05. The number of esters is 1. The Balaban J connectivity index is 4.31. The zero-order valence-electron chi connectivity index (χ0n) is 7.71. The Bertz CT molecular complexity index is 231. The Morgan fingerprint density at radius 2 is 2.23 bits per heavy atom. The number of aliphatic hydroxyl groups is 1. The summed E-state index contributed by atoms with van der Waals surface area (Å²) in [7, 11) is 0. The molecule has 0 rings (SSSR count). The maximum absolute atomic E-state index is 12.8. The minimum atomic E-state index is -0.979. The summed E-state index contributed by atoms with van der Waals surface area (Å²) in [6, 6.07) is 0. The second-order valence-corrected chi connectivity index (χ2v) is 2.34. The van der Waals surface area contributed by atoms with Crippen LogP contribution in [-0.2, 0) is 9.53 Å². The molecule has 0 amide bonds. The molecule has 4 heteroatoms. The minimum absolute atomic E-state index is 0.142. The van der Waals surface area contributed by atoms with E-state index in [0.717, 1.165) is 6.08 Å². The van der Waals surface area contributed by atoms with Crippen molar-refractivity contribution in [3.63, 3.8) is 0 Å². The van der Waals surface area contributed by atoms with Gasteiger partial charge in [-0.2, -0.15) is 4.39 Å². The Labute approximate surface area is 76.5 Å². The lowest BCUT2D eigenvalue weighted by atomic mass is 10.2.